The Labute approximate surface area is 69.8 Å². The average molecular weight is 157 g/mol. The summed E-state index contributed by atoms with van der Waals surface area (Å²) < 4.78 is 0. The van der Waals surface area contributed by atoms with E-state index in [1.54, 1.807) is 0 Å². The molecule has 1 aromatic carbocycles. The number of hydrogen-bond acceptors (Lipinski definition) is 2. The molecule has 1 aromatic heterocycles. The molecular weight excluding hydrogens is 150 g/mol. The van der Waals surface area contributed by atoms with E-state index in [-0.39, 0.29) is 0 Å². The number of fused-ring (bicyclic) bond motifs is 1. The van der Waals surface area contributed by atoms with Crippen molar-refractivity contribution in [1.29, 1.82) is 0 Å². The molecule has 0 fully saturated rings. The molecule has 2 rings (SSSR count). The highest BCUT2D eigenvalue weighted by Crippen LogP contribution is 2.13. The quantitative estimate of drug-likeness (QED) is 0.630. The van der Waals surface area contributed by atoms with Gasteiger partial charge in [-0.3, -0.25) is 0 Å². The first-order chi connectivity index (χ1) is 5.92. The van der Waals surface area contributed by atoms with Crippen LogP contribution in [0.15, 0.2) is 18.2 Å². The highest BCUT2D eigenvalue weighted by molar-refractivity contribution is 5.77. The third-order valence-corrected chi connectivity index (χ3v) is 1.72. The van der Waals surface area contributed by atoms with Crippen LogP contribution in [0, 0.1) is 12.3 Å². The highest BCUT2D eigenvalue weighted by atomic mass is 15.3. The lowest BCUT2D eigenvalue weighted by Gasteiger charge is -1.93. The molecule has 0 saturated heterocycles. The molecule has 58 valence electrons. The van der Waals surface area contributed by atoms with Gasteiger partial charge in [-0.1, -0.05) is 12.1 Å². The first-order valence-electron chi connectivity index (χ1n) is 3.63. The highest BCUT2D eigenvalue weighted by Gasteiger charge is 2.01. The molecular formula is C9H7N3. The van der Waals surface area contributed by atoms with Crippen LogP contribution >= 0.6 is 0 Å². The maximum atomic E-state index is 5.21. The molecule has 0 aliphatic heterocycles. The van der Waals surface area contributed by atoms with E-state index in [0.29, 0.717) is 6.42 Å². The first kappa shape index (κ1) is 6.86. The first-order valence-corrected chi connectivity index (χ1v) is 3.63. The van der Waals surface area contributed by atoms with Crippen molar-refractivity contribution in [2.45, 2.75) is 6.42 Å². The molecule has 3 heteroatoms. The normalized spacial score (nSPS) is 9.92. The Kier molecular flexibility index (Phi) is 1.52. The van der Waals surface area contributed by atoms with Gasteiger partial charge >= 0.3 is 0 Å². The van der Waals surface area contributed by atoms with Gasteiger partial charge in [-0.25, -0.2) is 0 Å². The van der Waals surface area contributed by atoms with Crippen LogP contribution in [-0.2, 0) is 6.42 Å². The topological polar surface area (TPSA) is 41.6 Å². The van der Waals surface area contributed by atoms with Crippen molar-refractivity contribution in [1.82, 2.24) is 15.4 Å². The Balaban J connectivity index is 2.67. The van der Waals surface area contributed by atoms with Crippen molar-refractivity contribution in [3.05, 3.63) is 23.8 Å². The van der Waals surface area contributed by atoms with Gasteiger partial charge in [0.15, 0.2) is 0 Å². The molecule has 12 heavy (non-hydrogen) atoms. The zero-order valence-electron chi connectivity index (χ0n) is 6.41. The Bertz CT molecular complexity index is 436. The largest absolute Gasteiger partial charge is 0.197 e. The number of hydrogen-bond donors (Lipinski definition) is 1. The molecule has 0 spiro atoms. The van der Waals surface area contributed by atoms with E-state index in [4.69, 9.17) is 6.42 Å². The zero-order valence-corrected chi connectivity index (χ0v) is 6.41. The number of aromatic amines is 1. The fraction of sp³-hybridized carbons (Fsp3) is 0.111. The molecule has 3 nitrogen and oxygen atoms in total. The molecule has 0 bridgehead atoms. The van der Waals surface area contributed by atoms with E-state index in [1.807, 2.05) is 18.2 Å². The van der Waals surface area contributed by atoms with Crippen LogP contribution in [0.2, 0.25) is 0 Å². The van der Waals surface area contributed by atoms with E-state index in [1.165, 1.54) is 0 Å². The maximum absolute atomic E-state index is 5.21. The molecule has 0 radical (unpaired) electrons. The molecule has 1 N–H and O–H groups in total. The lowest BCUT2D eigenvalue weighted by Crippen LogP contribution is -1.83. The van der Waals surface area contributed by atoms with Gasteiger partial charge in [-0.2, -0.15) is 15.4 Å². The summed E-state index contributed by atoms with van der Waals surface area (Å²) in [7, 11) is 0. The smallest absolute Gasteiger partial charge is 0.117 e. The Morgan fingerprint density at radius 2 is 2.33 bits per heavy atom. The Morgan fingerprint density at radius 3 is 3.17 bits per heavy atom. The van der Waals surface area contributed by atoms with Crippen molar-refractivity contribution in [3.8, 4) is 12.3 Å². The number of H-pyrrole nitrogens is 1. The minimum absolute atomic E-state index is 0.601. The van der Waals surface area contributed by atoms with Crippen molar-refractivity contribution in [3.63, 3.8) is 0 Å². The minimum atomic E-state index is 0.601. The fourth-order valence-corrected chi connectivity index (χ4v) is 1.18. The molecule has 1 heterocycles. The van der Waals surface area contributed by atoms with E-state index < -0.39 is 0 Å². The van der Waals surface area contributed by atoms with Gasteiger partial charge in [0.05, 0.1) is 0 Å². The predicted octanol–water partition coefficient (Wildman–Crippen LogP) is 1.13. The van der Waals surface area contributed by atoms with Crippen LogP contribution in [0.25, 0.3) is 11.0 Å². The monoisotopic (exact) mass is 157 g/mol. The second-order valence-electron chi connectivity index (χ2n) is 2.49. The molecule has 0 amide bonds. The summed E-state index contributed by atoms with van der Waals surface area (Å²) in [5, 5.41) is 10.5. The van der Waals surface area contributed by atoms with Gasteiger partial charge in [0, 0.05) is 6.42 Å². The number of terminal acetylenes is 1. The Hall–Kier alpha value is -1.82. The summed E-state index contributed by atoms with van der Waals surface area (Å²) in [6.45, 7) is 0. The number of nitrogens with zero attached hydrogens (tertiary/aromatic N) is 2. The van der Waals surface area contributed by atoms with Crippen LogP contribution in [0.5, 0.6) is 0 Å². The zero-order chi connectivity index (χ0) is 8.39. The summed E-state index contributed by atoms with van der Waals surface area (Å²) in [4.78, 5) is 0. The molecule has 0 atom stereocenters. The number of nitrogens with one attached hydrogen (secondary N) is 1. The van der Waals surface area contributed by atoms with E-state index >= 15 is 0 Å². The van der Waals surface area contributed by atoms with Crippen LogP contribution in [0.4, 0.5) is 0 Å². The molecule has 0 aliphatic rings. The number of para-hydroxylation sites is 1. The summed E-state index contributed by atoms with van der Waals surface area (Å²) >= 11 is 0. The third-order valence-electron chi connectivity index (χ3n) is 1.72. The summed E-state index contributed by atoms with van der Waals surface area (Å²) in [6.07, 6.45) is 5.81. The fourth-order valence-electron chi connectivity index (χ4n) is 1.18. The van der Waals surface area contributed by atoms with Gasteiger partial charge in [0.2, 0.25) is 0 Å². The number of aromatic nitrogens is 3. The summed E-state index contributed by atoms with van der Waals surface area (Å²) in [6, 6.07) is 5.79. The maximum Gasteiger partial charge on any atom is 0.117 e. The van der Waals surface area contributed by atoms with Gasteiger partial charge in [-0.05, 0) is 11.6 Å². The minimum Gasteiger partial charge on any atom is -0.197 e. The van der Waals surface area contributed by atoms with Crippen LogP contribution in [0.3, 0.4) is 0 Å². The lowest BCUT2D eigenvalue weighted by molar-refractivity contribution is 0.957. The average Bonchev–Trinajstić information content (AvgIpc) is 2.53. The van der Waals surface area contributed by atoms with Gasteiger partial charge in [-0.15, -0.1) is 12.3 Å². The SMILES string of the molecule is C#CCc1cccc2n[nH]nc12. The second-order valence-corrected chi connectivity index (χ2v) is 2.49. The molecule has 0 saturated carbocycles. The predicted molar refractivity (Wildman–Crippen MR) is 46.4 cm³/mol. The molecule has 0 unspecified atom stereocenters. The van der Waals surface area contributed by atoms with Gasteiger partial charge in [0.1, 0.15) is 11.0 Å². The third kappa shape index (κ3) is 0.940. The van der Waals surface area contributed by atoms with Crippen molar-refractivity contribution in [2.24, 2.45) is 0 Å². The van der Waals surface area contributed by atoms with Crippen molar-refractivity contribution < 1.29 is 0 Å². The summed E-state index contributed by atoms with van der Waals surface area (Å²) in [5.41, 5.74) is 2.78. The van der Waals surface area contributed by atoms with E-state index in [2.05, 4.69) is 21.3 Å². The van der Waals surface area contributed by atoms with Gasteiger partial charge < -0.3 is 0 Å². The number of rotatable bonds is 1. The van der Waals surface area contributed by atoms with E-state index in [0.717, 1.165) is 16.6 Å². The van der Waals surface area contributed by atoms with Crippen LogP contribution in [-0.4, -0.2) is 15.4 Å². The van der Waals surface area contributed by atoms with Crippen LogP contribution < -0.4 is 0 Å². The second kappa shape index (κ2) is 2.67. The van der Waals surface area contributed by atoms with E-state index in [9.17, 15) is 0 Å². The summed E-state index contributed by atoms with van der Waals surface area (Å²) in [5.74, 6) is 2.58. The van der Waals surface area contributed by atoms with Gasteiger partial charge in [0.25, 0.3) is 0 Å². The lowest BCUT2D eigenvalue weighted by atomic mass is 10.1. The molecule has 0 aliphatic carbocycles. The number of benzene rings is 1. The standard InChI is InChI=1S/C9H7N3/c1-2-4-7-5-3-6-8-9(7)11-12-10-8/h1,3,5-6H,4H2,(H,10,11,12). The van der Waals surface area contributed by atoms with Crippen LogP contribution in [0.1, 0.15) is 5.56 Å². The van der Waals surface area contributed by atoms with Crippen molar-refractivity contribution in [2.75, 3.05) is 0 Å². The molecule has 2 aromatic rings. The van der Waals surface area contributed by atoms with Crippen molar-refractivity contribution >= 4 is 11.0 Å². The Morgan fingerprint density at radius 1 is 1.42 bits per heavy atom.